The topological polar surface area (TPSA) is 236 Å². The second-order valence-electron chi connectivity index (χ2n) is 16.7. The maximum Gasteiger partial charge on any atom is 0.386 e. The molecule has 3 aromatic rings. The van der Waals surface area contributed by atoms with Crippen LogP contribution in [0.2, 0.25) is 18.1 Å². The number of H-pyrrole nitrogens is 1. The van der Waals surface area contributed by atoms with Crippen LogP contribution in [-0.4, -0.2) is 99.2 Å². The summed E-state index contributed by atoms with van der Waals surface area (Å²) >= 11 is 10.5. The summed E-state index contributed by atoms with van der Waals surface area (Å²) in [5.74, 6) is -1.10. The molecule has 0 radical (unpaired) electrons. The fourth-order valence-corrected chi connectivity index (χ4v) is 12.7. The molecule has 2 saturated heterocycles. The lowest BCUT2D eigenvalue weighted by molar-refractivity contribution is -0.118. The van der Waals surface area contributed by atoms with Gasteiger partial charge in [0.1, 0.15) is 48.3 Å². The quantitative estimate of drug-likeness (QED) is 0.0816. The number of alkyl halides is 1. The monoisotopic (exact) mass is 915 g/mol. The second kappa shape index (κ2) is 16.5. The molecule has 3 unspecified atom stereocenters. The van der Waals surface area contributed by atoms with Gasteiger partial charge in [-0.15, -0.1) is 0 Å². The molecule has 0 spiro atoms. The number of carbonyl (C=O) groups is 1. The van der Waals surface area contributed by atoms with Crippen molar-refractivity contribution in [3.8, 4) is 6.07 Å². The molecule has 1 amide bonds. The van der Waals surface area contributed by atoms with Crippen molar-refractivity contribution in [2.45, 2.75) is 120 Å². The van der Waals surface area contributed by atoms with Crippen molar-refractivity contribution in [3.05, 3.63) is 35.3 Å². The van der Waals surface area contributed by atoms with Gasteiger partial charge in [0.25, 0.3) is 5.56 Å². The summed E-state index contributed by atoms with van der Waals surface area (Å²) in [6.45, 7) is 4.93. The Morgan fingerprint density at radius 2 is 2.02 bits per heavy atom. The van der Waals surface area contributed by atoms with Crippen LogP contribution in [0.1, 0.15) is 60.1 Å². The molecule has 3 N–H and O–H groups in total. The van der Waals surface area contributed by atoms with Gasteiger partial charge in [0.15, 0.2) is 25.7 Å². The van der Waals surface area contributed by atoms with E-state index in [2.05, 4.69) is 47.8 Å². The number of nitriles is 1. The minimum Gasteiger partial charge on any atom is -0.403 e. The zero-order valence-corrected chi connectivity index (χ0v) is 37.9. The molecule has 19 nitrogen and oxygen atoms in total. The van der Waals surface area contributed by atoms with Crippen molar-refractivity contribution in [2.75, 3.05) is 23.8 Å². The molecule has 322 valence electrons. The molecule has 2 saturated carbocycles. The molecule has 59 heavy (non-hydrogen) atoms. The number of nitrogens with zero attached hydrogens (tertiary/aromatic N) is 6. The number of amides is 1. The molecule has 2 aliphatic heterocycles. The van der Waals surface area contributed by atoms with Gasteiger partial charge >= 0.3 is 13.5 Å². The van der Waals surface area contributed by atoms with Gasteiger partial charge in [-0.1, -0.05) is 46.9 Å². The van der Waals surface area contributed by atoms with Gasteiger partial charge in [0.05, 0.1) is 38.1 Å². The van der Waals surface area contributed by atoms with E-state index < -0.39 is 92.7 Å². The number of hydrogen-bond acceptors (Lipinski definition) is 17. The van der Waals surface area contributed by atoms with Crippen LogP contribution >= 0.6 is 25.8 Å². The van der Waals surface area contributed by atoms with Crippen molar-refractivity contribution >= 4 is 74.7 Å². The minimum absolute atomic E-state index is 0.0281. The van der Waals surface area contributed by atoms with Gasteiger partial charge in [0.2, 0.25) is 11.9 Å². The van der Waals surface area contributed by atoms with Crippen molar-refractivity contribution < 1.29 is 45.5 Å². The Morgan fingerprint density at radius 3 is 2.69 bits per heavy atom. The van der Waals surface area contributed by atoms with E-state index in [4.69, 9.17) is 43.6 Å². The number of carbonyl (C=O) groups excluding carboxylic acids is 1. The van der Waals surface area contributed by atoms with Crippen LogP contribution < -0.4 is 16.2 Å². The predicted octanol–water partition coefficient (Wildman–Crippen LogP) is 5.78. The lowest BCUT2D eigenvalue weighted by atomic mass is 10.0. The van der Waals surface area contributed by atoms with Crippen LogP contribution in [0.3, 0.4) is 0 Å². The number of halogens is 1. The fourth-order valence-electron chi connectivity index (χ4n) is 7.24. The number of rotatable bonds is 10. The Balaban J connectivity index is 1.31. The molecular formula is C34H48FN9O10P2S2Si. The summed E-state index contributed by atoms with van der Waals surface area (Å²) < 4.78 is 77.7. The lowest BCUT2D eigenvalue weighted by Crippen LogP contribution is -2.51. The largest absolute Gasteiger partial charge is 0.403 e. The minimum atomic E-state index is -4.41. The number of imidazole rings is 1. The molecular weight excluding hydrogens is 868 g/mol. The smallest absolute Gasteiger partial charge is 0.386 e. The average Bonchev–Trinajstić information content (AvgIpc) is 3.43. The van der Waals surface area contributed by atoms with Crippen LogP contribution in [-0.2, 0) is 52.9 Å². The van der Waals surface area contributed by atoms with Crippen molar-refractivity contribution in [2.24, 2.45) is 11.8 Å². The first-order valence-corrected chi connectivity index (χ1v) is 27.3. The first-order valence-electron chi connectivity index (χ1n) is 19.1. The molecule has 0 aromatic carbocycles. The first kappa shape index (κ1) is 44.3. The highest BCUT2D eigenvalue weighted by Crippen LogP contribution is 2.70. The highest BCUT2D eigenvalue weighted by atomic mass is 32.7. The zero-order valence-electron chi connectivity index (χ0n) is 33.4. The molecule has 4 aliphatic rings. The standard InChI is InChI=1S/C34H48FN9O10P2S2Si/c1-18(2)29(45)42-32-41-28-23(30(46)43-32)39-17-44(28)31-27-34(54-59(6,7)33(3,4)5)25(50-31)26(34)52-55(47,57)51-24-19(10-14-49-56(58,53-27)48-13-8-11-36)15-20(22(24)35)40-21-9-12-37-16-38-21/h9,12,16-20,22,24-27,31H,8,10,13-15H2,1-7H3,(H,47,57)(H,37,38,40)(H2,41,42,43,45,46)/t19-,20+,22+,24+,25+,26-,27-,31+,34?,55?,56?/m0/s1. The molecule has 4 fully saturated rings. The summed E-state index contributed by atoms with van der Waals surface area (Å²) in [6.07, 6.45) is -3.06. The van der Waals surface area contributed by atoms with E-state index in [1.54, 1.807) is 19.9 Å². The summed E-state index contributed by atoms with van der Waals surface area (Å²) in [5.41, 5.74) is -2.25. The third-order valence-corrected chi connectivity index (χ3v) is 19.8. The highest BCUT2D eigenvalue weighted by molar-refractivity contribution is 8.44. The van der Waals surface area contributed by atoms with E-state index in [0.29, 0.717) is 5.82 Å². The van der Waals surface area contributed by atoms with Gasteiger partial charge in [-0.05, 0) is 54.8 Å². The number of fused-ring (bicyclic) bond motifs is 3. The van der Waals surface area contributed by atoms with E-state index in [1.807, 2.05) is 39.9 Å². The molecule has 2 aliphatic carbocycles. The number of ether oxygens (including phenoxy) is 1. The summed E-state index contributed by atoms with van der Waals surface area (Å²) in [4.78, 5) is 45.3. The molecule has 25 heteroatoms. The van der Waals surface area contributed by atoms with Crippen LogP contribution in [0.25, 0.3) is 11.2 Å². The van der Waals surface area contributed by atoms with E-state index in [9.17, 15) is 19.4 Å². The van der Waals surface area contributed by atoms with Crippen LogP contribution in [0, 0.1) is 23.2 Å². The van der Waals surface area contributed by atoms with Crippen molar-refractivity contribution in [3.63, 3.8) is 0 Å². The summed E-state index contributed by atoms with van der Waals surface area (Å²) in [6, 6.07) is 2.84. The van der Waals surface area contributed by atoms with E-state index in [0.717, 1.165) is 0 Å². The van der Waals surface area contributed by atoms with Gasteiger partial charge in [0, 0.05) is 12.1 Å². The van der Waals surface area contributed by atoms with Crippen LogP contribution in [0.5, 0.6) is 0 Å². The highest BCUT2D eigenvalue weighted by Gasteiger charge is 2.83. The zero-order chi connectivity index (χ0) is 42.7. The predicted molar refractivity (Wildman–Crippen MR) is 221 cm³/mol. The summed E-state index contributed by atoms with van der Waals surface area (Å²) in [5, 5.41) is 14.7. The average molecular weight is 916 g/mol. The van der Waals surface area contributed by atoms with E-state index in [1.165, 1.54) is 23.4 Å². The Kier molecular flexibility index (Phi) is 12.4. The molecule has 0 bridgehead atoms. The van der Waals surface area contributed by atoms with E-state index >= 15 is 4.39 Å². The molecule has 5 heterocycles. The third kappa shape index (κ3) is 8.84. The van der Waals surface area contributed by atoms with Gasteiger partial charge in [-0.25, -0.2) is 23.9 Å². The van der Waals surface area contributed by atoms with Gasteiger partial charge in [-0.2, -0.15) is 10.2 Å². The number of anilines is 2. The lowest BCUT2D eigenvalue weighted by Gasteiger charge is -2.42. The first-order chi connectivity index (χ1) is 27.7. The Hall–Kier alpha value is -2.71. The number of aromatic nitrogens is 6. The molecule has 3 aromatic heterocycles. The fraction of sp³-hybridized carbons (Fsp3) is 0.676. The Morgan fingerprint density at radius 1 is 1.25 bits per heavy atom. The molecule has 7 rings (SSSR count). The van der Waals surface area contributed by atoms with Crippen LogP contribution in [0.4, 0.5) is 16.2 Å². The normalized spacial score (nSPS) is 34.9. The van der Waals surface area contributed by atoms with Gasteiger partial charge in [-0.3, -0.25) is 38.0 Å². The Labute approximate surface area is 351 Å². The third-order valence-electron chi connectivity index (χ3n) is 11.3. The van der Waals surface area contributed by atoms with Crippen molar-refractivity contribution in [1.82, 2.24) is 29.5 Å². The Bertz CT molecular complexity index is 2270. The van der Waals surface area contributed by atoms with E-state index in [-0.39, 0.29) is 55.5 Å². The van der Waals surface area contributed by atoms with Gasteiger partial charge < -0.3 is 23.5 Å². The maximum absolute atomic E-state index is 16.4. The maximum atomic E-state index is 16.4. The molecule has 11 atom stereocenters. The van der Waals surface area contributed by atoms with Crippen LogP contribution in [0.15, 0.2) is 29.7 Å². The number of thiol groups is 1. The SMILES string of the molecule is CC(C)C(=O)Nc1nc2c(ncn2[C@@H]2O[C@@H]3[C@@H]4OP(=O)(S)O[C@@H]5[C@@H](CCOP(=S)(OCCC#N)O[C@@H]2C34O[Si](C)(C)C(C)(C)C)C[C@@H](Nc2ccncn2)[C@H]5F)c(=O)[nH]1. The van der Waals surface area contributed by atoms with Crippen molar-refractivity contribution in [1.29, 1.82) is 5.26 Å². The summed E-state index contributed by atoms with van der Waals surface area (Å²) in [7, 11) is -2.85. The number of hydrogen-bond donors (Lipinski definition) is 4. The number of nitrogens with one attached hydrogen (secondary N) is 3. The number of aromatic amines is 1. The second-order valence-corrected chi connectivity index (χ2v) is 27.2.